The zero-order chi connectivity index (χ0) is 23.3. The summed E-state index contributed by atoms with van der Waals surface area (Å²) >= 11 is 6.74. The van der Waals surface area contributed by atoms with Crippen LogP contribution in [0.25, 0.3) is 6.08 Å². The number of hydrogen-bond donors (Lipinski definition) is 2. The highest BCUT2D eigenvalue weighted by molar-refractivity contribution is 9.10. The molecule has 0 radical (unpaired) electrons. The number of anilines is 1. The molecule has 0 unspecified atom stereocenters. The lowest BCUT2D eigenvalue weighted by molar-refractivity contribution is -0.384. The molecule has 2 N–H and O–H groups in total. The highest BCUT2D eigenvalue weighted by Gasteiger charge is 2.17. The van der Waals surface area contributed by atoms with Crippen LogP contribution in [0.2, 0.25) is 0 Å². The summed E-state index contributed by atoms with van der Waals surface area (Å²) in [6, 6.07) is 17.9. The molecule has 9 heteroatoms. The third-order valence-electron chi connectivity index (χ3n) is 4.42. The van der Waals surface area contributed by atoms with Gasteiger partial charge in [0.2, 0.25) is 0 Å². The van der Waals surface area contributed by atoms with Crippen LogP contribution in [0.5, 0.6) is 0 Å². The summed E-state index contributed by atoms with van der Waals surface area (Å²) in [5.74, 6) is -1.07. The second kappa shape index (κ2) is 10.3. The largest absolute Gasteiger partial charge is 0.321 e. The summed E-state index contributed by atoms with van der Waals surface area (Å²) < 4.78 is 1.46. The second-order valence-electron chi connectivity index (χ2n) is 6.76. The van der Waals surface area contributed by atoms with Crippen molar-refractivity contribution < 1.29 is 14.5 Å². The number of nitro groups is 1. The van der Waals surface area contributed by atoms with Crippen LogP contribution in [0, 0.1) is 17.0 Å². The molecule has 0 aliphatic carbocycles. The van der Waals surface area contributed by atoms with Gasteiger partial charge in [-0.15, -0.1) is 0 Å². The fraction of sp³-hybridized carbons (Fsp3) is 0.0435. The molecule has 7 nitrogen and oxygen atoms in total. The monoisotopic (exact) mass is 557 g/mol. The number of nitrogens with one attached hydrogen (secondary N) is 2. The Bertz CT molecular complexity index is 1240. The normalized spacial score (nSPS) is 11.0. The molecule has 3 aromatic carbocycles. The Morgan fingerprint density at radius 1 is 0.969 bits per heavy atom. The topological polar surface area (TPSA) is 101 Å². The van der Waals surface area contributed by atoms with Crippen molar-refractivity contribution in [2.45, 2.75) is 6.92 Å². The highest BCUT2D eigenvalue weighted by atomic mass is 79.9. The number of hydrogen-bond acceptors (Lipinski definition) is 4. The van der Waals surface area contributed by atoms with Crippen molar-refractivity contribution in [2.24, 2.45) is 0 Å². The minimum Gasteiger partial charge on any atom is -0.321 e. The van der Waals surface area contributed by atoms with Crippen molar-refractivity contribution in [3.8, 4) is 0 Å². The predicted octanol–water partition coefficient (Wildman–Crippen LogP) is 5.84. The van der Waals surface area contributed by atoms with E-state index in [1.54, 1.807) is 48.5 Å². The average Bonchev–Trinajstić information content (AvgIpc) is 2.76. The average molecular weight is 559 g/mol. The number of amides is 2. The van der Waals surface area contributed by atoms with Gasteiger partial charge in [0.05, 0.1) is 10.5 Å². The predicted molar refractivity (Wildman–Crippen MR) is 130 cm³/mol. The van der Waals surface area contributed by atoms with Gasteiger partial charge in [-0.3, -0.25) is 19.7 Å². The molecule has 3 aromatic rings. The molecule has 2 amide bonds. The van der Waals surface area contributed by atoms with E-state index in [4.69, 9.17) is 0 Å². The van der Waals surface area contributed by atoms with Crippen molar-refractivity contribution in [1.29, 1.82) is 0 Å². The highest BCUT2D eigenvalue weighted by Crippen LogP contribution is 2.22. The van der Waals surface area contributed by atoms with Gasteiger partial charge in [0, 0.05) is 26.8 Å². The number of nitro benzene ring substituents is 1. The van der Waals surface area contributed by atoms with E-state index in [0.717, 1.165) is 10.0 Å². The van der Waals surface area contributed by atoms with Crippen molar-refractivity contribution in [3.63, 3.8) is 0 Å². The van der Waals surface area contributed by atoms with E-state index in [0.29, 0.717) is 21.3 Å². The van der Waals surface area contributed by atoms with Gasteiger partial charge in [-0.25, -0.2) is 0 Å². The molecular formula is C23H17Br2N3O4. The van der Waals surface area contributed by atoms with E-state index in [1.807, 2.05) is 6.92 Å². The van der Waals surface area contributed by atoms with Crippen molar-refractivity contribution >= 4 is 61.1 Å². The summed E-state index contributed by atoms with van der Waals surface area (Å²) in [4.78, 5) is 36.4. The molecule has 0 spiro atoms. The van der Waals surface area contributed by atoms with Crippen LogP contribution in [0.3, 0.4) is 0 Å². The maximum atomic E-state index is 13.0. The lowest BCUT2D eigenvalue weighted by Gasteiger charge is -2.13. The number of non-ortho nitro benzene ring substituents is 1. The van der Waals surface area contributed by atoms with Crippen molar-refractivity contribution in [1.82, 2.24) is 5.32 Å². The van der Waals surface area contributed by atoms with Crippen molar-refractivity contribution in [2.75, 3.05) is 5.32 Å². The van der Waals surface area contributed by atoms with Crippen LogP contribution in [0.1, 0.15) is 21.5 Å². The minimum absolute atomic E-state index is 0.0631. The van der Waals surface area contributed by atoms with Crippen LogP contribution < -0.4 is 10.6 Å². The Balaban J connectivity index is 1.96. The molecule has 0 aromatic heterocycles. The summed E-state index contributed by atoms with van der Waals surface area (Å²) in [5, 5.41) is 16.5. The van der Waals surface area contributed by atoms with Crippen LogP contribution in [-0.2, 0) is 4.79 Å². The molecule has 0 bridgehead atoms. The number of nitrogens with zero attached hydrogens (tertiary/aromatic N) is 1. The van der Waals surface area contributed by atoms with Gasteiger partial charge in [0.1, 0.15) is 5.70 Å². The van der Waals surface area contributed by atoms with Gasteiger partial charge in [-0.05, 0) is 70.4 Å². The third-order valence-corrected chi connectivity index (χ3v) is 6.00. The third kappa shape index (κ3) is 5.89. The molecule has 0 fully saturated rings. The van der Waals surface area contributed by atoms with E-state index in [9.17, 15) is 19.7 Å². The second-order valence-corrected chi connectivity index (χ2v) is 8.47. The first-order chi connectivity index (χ1) is 15.2. The zero-order valence-corrected chi connectivity index (χ0v) is 19.9. The Morgan fingerprint density at radius 3 is 2.41 bits per heavy atom. The van der Waals surface area contributed by atoms with Crippen LogP contribution in [0.4, 0.5) is 11.4 Å². The first-order valence-corrected chi connectivity index (χ1v) is 10.9. The van der Waals surface area contributed by atoms with E-state index < -0.39 is 16.7 Å². The molecule has 0 atom stereocenters. The Kier molecular flexibility index (Phi) is 7.55. The zero-order valence-electron chi connectivity index (χ0n) is 16.8. The number of halogens is 2. The standard InChI is InChI=1S/C23H17Br2N3O4/c1-14-11-16(9-10-19(14)24)26-23(30)21(13-15-5-4-6-17(12-15)28(31)32)27-22(29)18-7-2-3-8-20(18)25/h2-13H,1H3,(H,26,30)(H,27,29)/b21-13-. The van der Waals surface area contributed by atoms with E-state index in [2.05, 4.69) is 42.5 Å². The van der Waals surface area contributed by atoms with Gasteiger partial charge in [-0.2, -0.15) is 0 Å². The van der Waals surface area contributed by atoms with Gasteiger partial charge in [0.25, 0.3) is 17.5 Å². The fourth-order valence-electron chi connectivity index (χ4n) is 2.81. The van der Waals surface area contributed by atoms with E-state index in [1.165, 1.54) is 24.3 Å². The molecule has 162 valence electrons. The Hall–Kier alpha value is -3.30. The molecule has 3 rings (SSSR count). The Labute approximate surface area is 200 Å². The van der Waals surface area contributed by atoms with Gasteiger partial charge in [-0.1, -0.05) is 40.2 Å². The quantitative estimate of drug-likeness (QED) is 0.225. The first kappa shape index (κ1) is 23.4. The van der Waals surface area contributed by atoms with Gasteiger partial charge < -0.3 is 10.6 Å². The van der Waals surface area contributed by atoms with Gasteiger partial charge in [0.15, 0.2) is 0 Å². The smallest absolute Gasteiger partial charge is 0.272 e. The molecule has 0 heterocycles. The first-order valence-electron chi connectivity index (χ1n) is 9.34. The van der Waals surface area contributed by atoms with Crippen LogP contribution in [0.15, 0.2) is 81.4 Å². The number of benzene rings is 3. The minimum atomic E-state index is -0.571. The lowest BCUT2D eigenvalue weighted by Crippen LogP contribution is -2.31. The Morgan fingerprint density at radius 2 is 1.72 bits per heavy atom. The molecular weight excluding hydrogens is 542 g/mol. The maximum absolute atomic E-state index is 13.0. The summed E-state index contributed by atoms with van der Waals surface area (Å²) in [6.07, 6.45) is 1.39. The number of rotatable bonds is 6. The van der Waals surface area contributed by atoms with E-state index >= 15 is 0 Å². The van der Waals surface area contributed by atoms with E-state index in [-0.39, 0.29) is 11.4 Å². The number of carbonyl (C=O) groups is 2. The number of carbonyl (C=O) groups excluding carboxylic acids is 2. The van der Waals surface area contributed by atoms with Crippen molar-refractivity contribution in [3.05, 3.63) is 108 Å². The molecule has 0 aliphatic heterocycles. The molecule has 0 aliphatic rings. The molecule has 32 heavy (non-hydrogen) atoms. The fourth-order valence-corrected chi connectivity index (χ4v) is 3.52. The lowest BCUT2D eigenvalue weighted by atomic mass is 10.1. The summed E-state index contributed by atoms with van der Waals surface area (Å²) in [7, 11) is 0. The SMILES string of the molecule is Cc1cc(NC(=O)/C(=C/c2cccc([N+](=O)[O-])c2)NC(=O)c2ccccc2Br)ccc1Br. The maximum Gasteiger partial charge on any atom is 0.272 e. The summed E-state index contributed by atoms with van der Waals surface area (Å²) in [6.45, 7) is 1.88. The van der Waals surface area contributed by atoms with Crippen LogP contribution in [-0.4, -0.2) is 16.7 Å². The molecule has 0 saturated heterocycles. The molecule has 0 saturated carbocycles. The van der Waals surface area contributed by atoms with Crippen LogP contribution >= 0.6 is 31.9 Å². The number of aryl methyl sites for hydroxylation is 1. The summed E-state index contributed by atoms with van der Waals surface area (Å²) in [5.41, 5.74) is 2.00. The van der Waals surface area contributed by atoms with Gasteiger partial charge >= 0.3 is 0 Å².